The predicted molar refractivity (Wildman–Crippen MR) is 17.4 cm³/mol. The number of aliphatic imine (C=N–C) groups is 1. The van der Waals surface area contributed by atoms with Gasteiger partial charge in [0.15, 0.2) is 0 Å². The quantitative estimate of drug-likeness (QED) is 0.266. The molecule has 5 heavy (non-hydrogen) atoms. The molecule has 0 aliphatic heterocycles. The van der Waals surface area contributed by atoms with Crippen molar-refractivity contribution in [3.05, 3.63) is 12.8 Å². The normalized spacial score (nSPS) is 4.00. The van der Waals surface area contributed by atoms with Crippen LogP contribution in [0.4, 0.5) is 0 Å². The van der Waals surface area contributed by atoms with Crippen molar-refractivity contribution in [2.24, 2.45) is 4.99 Å². The number of hydrogen-bond donors (Lipinski definition) is 0. The van der Waals surface area contributed by atoms with Crippen molar-refractivity contribution >= 4 is 6.72 Å². The van der Waals surface area contributed by atoms with E-state index in [1.807, 2.05) is 0 Å². The maximum Gasteiger partial charge on any atom is 2.00 e. The van der Waals surface area contributed by atoms with Crippen LogP contribution in [0.1, 0.15) is 0 Å². The molecule has 0 aromatic carbocycles. The minimum absolute atomic E-state index is 0. The van der Waals surface area contributed by atoms with E-state index in [1.165, 1.54) is 0 Å². The molecular weight excluding hydrogens is 109 g/mol. The van der Waals surface area contributed by atoms with Crippen molar-refractivity contribution in [3.8, 4) is 0 Å². The van der Waals surface area contributed by atoms with Gasteiger partial charge in [0, 0.05) is 0 Å². The Morgan fingerprint density at radius 2 is 1.80 bits per heavy atom. The van der Waals surface area contributed by atoms with Gasteiger partial charge < -0.3 is 17.8 Å². The van der Waals surface area contributed by atoms with Gasteiger partial charge in [0.1, 0.15) is 0 Å². The molecule has 0 saturated carbocycles. The summed E-state index contributed by atoms with van der Waals surface area (Å²) in [6.45, 7) is 9.08. The van der Waals surface area contributed by atoms with E-state index in [0.717, 1.165) is 6.20 Å². The summed E-state index contributed by atoms with van der Waals surface area (Å²) in [6, 6.07) is 0. The predicted octanol–water partition coefficient (Wildman–Crippen LogP) is 0.508. The van der Waals surface area contributed by atoms with E-state index in [0.29, 0.717) is 0 Å². The van der Waals surface area contributed by atoms with Crippen molar-refractivity contribution < 1.29 is 16.5 Å². The number of hydrogen-bond acceptors (Lipinski definition) is 1. The fraction of sp³-hybridized carbons (Fsp3) is 0. The summed E-state index contributed by atoms with van der Waals surface area (Å²) in [5, 5.41) is 0. The zero-order valence-electron chi connectivity index (χ0n) is 2.50. The second-order valence-corrected chi connectivity index (χ2v) is 0.298. The molecule has 0 rings (SSSR count). The zero-order chi connectivity index (χ0) is 3.41. The smallest absolute Gasteiger partial charge is 0.601 e. The van der Waals surface area contributed by atoms with Crippen LogP contribution >= 0.6 is 0 Å². The molecule has 0 heterocycles. The molecule has 0 aliphatic carbocycles. The molecule has 1 nitrogen and oxygen atoms in total. The van der Waals surface area contributed by atoms with E-state index in [9.17, 15) is 0 Å². The van der Waals surface area contributed by atoms with Gasteiger partial charge in [-0.1, -0.05) is 0 Å². The van der Waals surface area contributed by atoms with Gasteiger partial charge in [0.25, 0.3) is 0 Å². The maximum atomic E-state index is 4.61. The molecule has 30 valence electrons. The third-order valence-corrected chi connectivity index (χ3v) is 0.0861. The van der Waals surface area contributed by atoms with E-state index >= 15 is 0 Å². The Labute approximate surface area is 41.7 Å². The Balaban J connectivity index is 0. The van der Waals surface area contributed by atoms with Crippen molar-refractivity contribution in [3.63, 3.8) is 0 Å². The van der Waals surface area contributed by atoms with E-state index in [1.54, 1.807) is 0 Å². The first-order valence-corrected chi connectivity index (χ1v) is 0.850. The van der Waals surface area contributed by atoms with E-state index in [4.69, 9.17) is 0 Å². The standard InChI is InChI=1S/C3H3N.Ni/c1-3-4-2;/h1-3H;/q-2;+2. The summed E-state index contributed by atoms with van der Waals surface area (Å²) < 4.78 is 0. The molecular formula is C3H3NNi. The minimum atomic E-state index is 0. The molecule has 0 aromatic rings. The number of rotatable bonds is 1. The molecule has 0 amide bonds. The van der Waals surface area contributed by atoms with Crippen LogP contribution in [0.3, 0.4) is 0 Å². The summed E-state index contributed by atoms with van der Waals surface area (Å²) in [5.41, 5.74) is 0. The second kappa shape index (κ2) is 9.08. The summed E-state index contributed by atoms with van der Waals surface area (Å²) in [7, 11) is 0. The van der Waals surface area contributed by atoms with Gasteiger partial charge in [-0.15, -0.1) is 0 Å². The van der Waals surface area contributed by atoms with Gasteiger partial charge >= 0.3 is 16.5 Å². The van der Waals surface area contributed by atoms with E-state index in [2.05, 4.69) is 18.3 Å². The van der Waals surface area contributed by atoms with Crippen LogP contribution in [0.25, 0.3) is 0 Å². The third kappa shape index (κ3) is 17.3. The molecule has 0 atom stereocenters. The van der Waals surface area contributed by atoms with Crippen molar-refractivity contribution in [2.75, 3.05) is 0 Å². The van der Waals surface area contributed by atoms with Crippen LogP contribution in [-0.4, -0.2) is 6.72 Å². The molecule has 0 aliphatic rings. The van der Waals surface area contributed by atoms with Crippen LogP contribution < -0.4 is 0 Å². The van der Waals surface area contributed by atoms with Gasteiger partial charge in [-0.2, -0.15) is 6.72 Å². The fourth-order valence-corrected chi connectivity index (χ4v) is 0. The Hall–Kier alpha value is -0.0965. The van der Waals surface area contributed by atoms with Crippen LogP contribution in [-0.2, 0) is 16.5 Å². The summed E-state index contributed by atoms with van der Waals surface area (Å²) in [6.07, 6.45) is 1.03. The Morgan fingerprint density at radius 1 is 1.60 bits per heavy atom. The minimum Gasteiger partial charge on any atom is -0.601 e. The average Bonchev–Trinajstić information content (AvgIpc) is 1.37. The van der Waals surface area contributed by atoms with E-state index < -0.39 is 0 Å². The fourth-order valence-electron chi connectivity index (χ4n) is 0. The molecule has 0 radical (unpaired) electrons. The Kier molecular flexibility index (Phi) is 16.1. The molecule has 0 fully saturated rings. The second-order valence-electron chi connectivity index (χ2n) is 0.298. The molecule has 0 spiro atoms. The van der Waals surface area contributed by atoms with Crippen LogP contribution in [0, 0.1) is 6.58 Å². The van der Waals surface area contributed by atoms with Gasteiger partial charge in [0.05, 0.1) is 0 Å². The van der Waals surface area contributed by atoms with Crippen molar-refractivity contribution in [2.45, 2.75) is 0 Å². The topological polar surface area (TPSA) is 12.4 Å². The number of nitrogens with zero attached hydrogens (tertiary/aromatic N) is 1. The van der Waals surface area contributed by atoms with E-state index in [-0.39, 0.29) is 16.5 Å². The molecule has 0 unspecified atom stereocenters. The summed E-state index contributed by atoms with van der Waals surface area (Å²) in [4.78, 5) is 2.89. The molecule has 0 aromatic heterocycles. The van der Waals surface area contributed by atoms with Gasteiger partial charge in [-0.3, -0.25) is 0 Å². The molecule has 0 N–H and O–H groups in total. The first-order chi connectivity index (χ1) is 1.91. The van der Waals surface area contributed by atoms with Gasteiger partial charge in [-0.05, 0) is 0 Å². The Bertz CT molecular complexity index is 27.9. The third-order valence-electron chi connectivity index (χ3n) is 0.0861. The summed E-state index contributed by atoms with van der Waals surface area (Å²) >= 11 is 0. The monoisotopic (exact) mass is 111 g/mol. The van der Waals surface area contributed by atoms with Crippen molar-refractivity contribution in [1.82, 2.24) is 0 Å². The average molecular weight is 112 g/mol. The first kappa shape index (κ1) is 8.86. The summed E-state index contributed by atoms with van der Waals surface area (Å²) in [5.74, 6) is 0. The van der Waals surface area contributed by atoms with Crippen LogP contribution in [0.2, 0.25) is 0 Å². The first-order valence-electron chi connectivity index (χ1n) is 0.850. The van der Waals surface area contributed by atoms with Gasteiger partial charge in [0.2, 0.25) is 0 Å². The zero-order valence-corrected chi connectivity index (χ0v) is 3.48. The van der Waals surface area contributed by atoms with Crippen molar-refractivity contribution in [1.29, 1.82) is 0 Å². The maximum absolute atomic E-state index is 4.61. The molecule has 2 heteroatoms. The largest absolute Gasteiger partial charge is 2.00 e. The Morgan fingerprint density at radius 3 is 1.80 bits per heavy atom. The van der Waals surface area contributed by atoms with Crippen LogP contribution in [0.15, 0.2) is 11.2 Å². The molecule has 0 bridgehead atoms. The van der Waals surface area contributed by atoms with Gasteiger partial charge in [-0.25, -0.2) is 0 Å². The molecule has 0 saturated heterocycles. The SMILES string of the molecule is [CH-]=CN=[CH-].[Ni+2]. The van der Waals surface area contributed by atoms with Crippen LogP contribution in [0.5, 0.6) is 0 Å².